The zero-order chi connectivity index (χ0) is 22.8. The van der Waals surface area contributed by atoms with Crippen molar-refractivity contribution in [1.82, 2.24) is 15.1 Å². The second kappa shape index (κ2) is 9.33. The first-order valence-corrected chi connectivity index (χ1v) is 11.3. The van der Waals surface area contributed by atoms with Crippen molar-refractivity contribution >= 4 is 40.7 Å². The highest BCUT2D eigenvalue weighted by molar-refractivity contribution is 6.36. The summed E-state index contributed by atoms with van der Waals surface area (Å²) in [4.78, 5) is 16.6. The average molecular weight is 486 g/mol. The van der Waals surface area contributed by atoms with Gasteiger partial charge >= 0.3 is 6.03 Å². The van der Waals surface area contributed by atoms with Gasteiger partial charge in [-0.15, -0.1) is 10.2 Å². The first kappa shape index (κ1) is 21.6. The number of hydrogen-bond acceptors (Lipinski definition) is 6. The molecule has 3 aromatic rings. The molecule has 0 unspecified atom stereocenters. The maximum absolute atomic E-state index is 12.7. The molecule has 1 aromatic heterocycles. The molecule has 10 heteroatoms. The molecule has 0 aliphatic carbocycles. The molecule has 0 atom stereocenters. The fourth-order valence-electron chi connectivity index (χ4n) is 3.80. The number of nitrogens with one attached hydrogen (secondary N) is 1. The maximum Gasteiger partial charge on any atom is 0.321 e. The van der Waals surface area contributed by atoms with Crippen LogP contribution in [-0.2, 0) is 0 Å². The van der Waals surface area contributed by atoms with E-state index >= 15 is 0 Å². The quantitative estimate of drug-likeness (QED) is 0.584. The predicted molar refractivity (Wildman–Crippen MR) is 128 cm³/mol. The number of ether oxygens (including phenoxy) is 2. The summed E-state index contributed by atoms with van der Waals surface area (Å²) in [6.07, 6.45) is 0. The van der Waals surface area contributed by atoms with E-state index in [1.807, 2.05) is 30.3 Å². The van der Waals surface area contributed by atoms with Crippen LogP contribution < -0.4 is 19.7 Å². The van der Waals surface area contributed by atoms with Gasteiger partial charge in [0.15, 0.2) is 17.3 Å². The number of amides is 2. The zero-order valence-electron chi connectivity index (χ0n) is 17.6. The van der Waals surface area contributed by atoms with Crippen LogP contribution in [0, 0.1) is 0 Å². The van der Waals surface area contributed by atoms with Gasteiger partial charge in [-0.2, -0.15) is 0 Å². The number of halogens is 2. The number of fused-ring (bicyclic) bond motifs is 1. The number of carbonyl (C=O) groups excluding carboxylic acids is 1. The normalized spacial score (nSPS) is 15.3. The van der Waals surface area contributed by atoms with Gasteiger partial charge in [-0.05, 0) is 42.5 Å². The van der Waals surface area contributed by atoms with Crippen LogP contribution >= 0.6 is 23.2 Å². The lowest BCUT2D eigenvalue weighted by atomic mass is 10.1. The van der Waals surface area contributed by atoms with Crippen LogP contribution in [0.3, 0.4) is 0 Å². The van der Waals surface area contributed by atoms with Gasteiger partial charge in [-0.25, -0.2) is 4.79 Å². The van der Waals surface area contributed by atoms with Crippen molar-refractivity contribution in [3.05, 3.63) is 58.6 Å². The Labute approximate surface area is 201 Å². The molecule has 1 saturated heterocycles. The lowest BCUT2D eigenvalue weighted by molar-refractivity contribution is 0.171. The predicted octanol–water partition coefficient (Wildman–Crippen LogP) is 4.58. The molecule has 0 spiro atoms. The molecule has 0 bridgehead atoms. The van der Waals surface area contributed by atoms with Gasteiger partial charge in [0, 0.05) is 48.5 Å². The third-order valence-corrected chi connectivity index (χ3v) is 6.09. The van der Waals surface area contributed by atoms with Crippen LogP contribution in [0.15, 0.2) is 48.5 Å². The smallest absolute Gasteiger partial charge is 0.321 e. The van der Waals surface area contributed by atoms with Crippen LogP contribution in [0.2, 0.25) is 10.0 Å². The Bertz CT molecular complexity index is 1170. The molecule has 1 fully saturated rings. The Morgan fingerprint density at radius 2 is 1.67 bits per heavy atom. The number of urea groups is 1. The lowest BCUT2D eigenvalue weighted by Crippen LogP contribution is -2.50. The van der Waals surface area contributed by atoms with E-state index < -0.39 is 0 Å². The molecular formula is C23H21Cl2N5O3. The first-order chi connectivity index (χ1) is 16.1. The fourth-order valence-corrected chi connectivity index (χ4v) is 4.30. The second-order valence-electron chi connectivity index (χ2n) is 7.66. The van der Waals surface area contributed by atoms with Crippen molar-refractivity contribution in [1.29, 1.82) is 0 Å². The molecule has 2 amide bonds. The Balaban J connectivity index is 1.18. The molecule has 0 radical (unpaired) electrons. The number of rotatable bonds is 3. The second-order valence-corrected chi connectivity index (χ2v) is 8.51. The SMILES string of the molecule is O=C(Nc1ccc2c(c1)OCCO2)N1CCN(c2ccc(-c3ccc(Cl)cc3Cl)nn2)CC1. The average Bonchev–Trinajstić information content (AvgIpc) is 2.84. The summed E-state index contributed by atoms with van der Waals surface area (Å²) in [7, 11) is 0. The van der Waals surface area contributed by atoms with E-state index in [1.54, 1.807) is 23.1 Å². The van der Waals surface area contributed by atoms with Crippen LogP contribution in [0.5, 0.6) is 11.5 Å². The van der Waals surface area contributed by atoms with Crippen LogP contribution in [0.4, 0.5) is 16.3 Å². The van der Waals surface area contributed by atoms with Crippen molar-refractivity contribution in [2.24, 2.45) is 0 Å². The van der Waals surface area contributed by atoms with E-state index in [1.165, 1.54) is 0 Å². The highest BCUT2D eigenvalue weighted by Gasteiger charge is 2.23. The molecule has 3 heterocycles. The fraction of sp³-hybridized carbons (Fsp3) is 0.261. The van der Waals surface area contributed by atoms with E-state index in [0.717, 1.165) is 11.4 Å². The molecule has 1 N–H and O–H groups in total. The number of aromatic nitrogens is 2. The summed E-state index contributed by atoms with van der Waals surface area (Å²) in [5, 5.41) is 12.7. The minimum atomic E-state index is -0.148. The van der Waals surface area contributed by atoms with Gasteiger partial charge < -0.3 is 24.6 Å². The Kier molecular flexibility index (Phi) is 6.11. The monoisotopic (exact) mass is 485 g/mol. The van der Waals surface area contributed by atoms with Gasteiger partial charge in [-0.1, -0.05) is 23.2 Å². The molecule has 8 nitrogen and oxygen atoms in total. The number of carbonyl (C=O) groups is 1. The van der Waals surface area contributed by atoms with E-state index in [4.69, 9.17) is 32.7 Å². The minimum absolute atomic E-state index is 0.148. The summed E-state index contributed by atoms with van der Waals surface area (Å²) in [5.74, 6) is 2.10. The van der Waals surface area contributed by atoms with Crippen LogP contribution in [-0.4, -0.2) is 60.5 Å². The van der Waals surface area contributed by atoms with Gasteiger partial charge in [0.25, 0.3) is 0 Å². The molecule has 0 saturated carbocycles. The number of piperazine rings is 1. The summed E-state index contributed by atoms with van der Waals surface area (Å²) in [6, 6.07) is 14.3. The van der Waals surface area contributed by atoms with Crippen molar-refractivity contribution in [2.45, 2.75) is 0 Å². The molecule has 5 rings (SSSR count). The summed E-state index contributed by atoms with van der Waals surface area (Å²) >= 11 is 12.2. The minimum Gasteiger partial charge on any atom is -0.486 e. The third-order valence-electron chi connectivity index (χ3n) is 5.54. The first-order valence-electron chi connectivity index (χ1n) is 10.6. The molecule has 33 heavy (non-hydrogen) atoms. The van der Waals surface area contributed by atoms with Crippen LogP contribution in [0.1, 0.15) is 0 Å². The van der Waals surface area contributed by atoms with Crippen molar-refractivity contribution in [3.8, 4) is 22.8 Å². The molecule has 170 valence electrons. The highest BCUT2D eigenvalue weighted by atomic mass is 35.5. The topological polar surface area (TPSA) is 79.8 Å². The van der Waals surface area contributed by atoms with E-state index in [9.17, 15) is 4.79 Å². The number of benzene rings is 2. The number of nitrogens with zero attached hydrogens (tertiary/aromatic N) is 4. The van der Waals surface area contributed by atoms with E-state index in [-0.39, 0.29) is 6.03 Å². The van der Waals surface area contributed by atoms with Crippen molar-refractivity contribution < 1.29 is 14.3 Å². The largest absolute Gasteiger partial charge is 0.486 e. The van der Waals surface area contributed by atoms with Gasteiger partial charge in [-0.3, -0.25) is 0 Å². The molecule has 2 aliphatic rings. The zero-order valence-corrected chi connectivity index (χ0v) is 19.1. The maximum atomic E-state index is 12.7. The third kappa shape index (κ3) is 4.77. The van der Waals surface area contributed by atoms with E-state index in [2.05, 4.69) is 20.4 Å². The summed E-state index contributed by atoms with van der Waals surface area (Å²) in [5.41, 5.74) is 2.13. The van der Waals surface area contributed by atoms with E-state index in [0.29, 0.717) is 72.3 Å². The Morgan fingerprint density at radius 1 is 0.879 bits per heavy atom. The number of hydrogen-bond donors (Lipinski definition) is 1. The van der Waals surface area contributed by atoms with Gasteiger partial charge in [0.1, 0.15) is 13.2 Å². The summed E-state index contributed by atoms with van der Waals surface area (Å²) in [6.45, 7) is 3.49. The van der Waals surface area contributed by atoms with Crippen LogP contribution in [0.25, 0.3) is 11.3 Å². The lowest BCUT2D eigenvalue weighted by Gasteiger charge is -2.35. The molecular weight excluding hydrogens is 465 g/mol. The molecule has 2 aliphatic heterocycles. The van der Waals surface area contributed by atoms with Crippen molar-refractivity contribution in [2.75, 3.05) is 49.6 Å². The van der Waals surface area contributed by atoms with Gasteiger partial charge in [0.05, 0.1) is 10.7 Å². The van der Waals surface area contributed by atoms with Gasteiger partial charge in [0.2, 0.25) is 0 Å². The highest BCUT2D eigenvalue weighted by Crippen LogP contribution is 2.33. The Hall–Kier alpha value is -3.23. The summed E-state index contributed by atoms with van der Waals surface area (Å²) < 4.78 is 11.1. The van der Waals surface area contributed by atoms with Crippen molar-refractivity contribution in [3.63, 3.8) is 0 Å². The number of anilines is 2. The molecule has 2 aromatic carbocycles. The standard InChI is InChI=1S/C23H21Cl2N5O3/c24-15-1-3-17(18(25)13-15)19-4-6-22(28-27-19)29-7-9-30(10-8-29)23(31)26-16-2-5-20-21(14-16)33-12-11-32-20/h1-6,13-14H,7-12H2,(H,26,31). The Morgan fingerprint density at radius 3 is 2.39 bits per heavy atom.